The standard InChI is InChI=1S/C17H31FN2/c1-17(15-8-9-15)13-20(11-5-10-18)16(12-19-17)14-6-3-2-4-7-14/h14-16,19H,2-13H2,1H3. The molecular weight excluding hydrogens is 251 g/mol. The fourth-order valence-electron chi connectivity index (χ4n) is 4.55. The zero-order valence-electron chi connectivity index (χ0n) is 13.0. The molecule has 20 heavy (non-hydrogen) atoms. The summed E-state index contributed by atoms with van der Waals surface area (Å²) in [6.07, 6.45) is 10.5. The van der Waals surface area contributed by atoms with Gasteiger partial charge in [-0.2, -0.15) is 0 Å². The van der Waals surface area contributed by atoms with E-state index in [1.54, 1.807) is 0 Å². The van der Waals surface area contributed by atoms with Crippen LogP contribution in [0.5, 0.6) is 0 Å². The zero-order valence-corrected chi connectivity index (χ0v) is 13.0. The number of hydrogen-bond acceptors (Lipinski definition) is 2. The van der Waals surface area contributed by atoms with Crippen LogP contribution in [0.2, 0.25) is 0 Å². The lowest BCUT2D eigenvalue weighted by Crippen LogP contribution is -2.65. The highest BCUT2D eigenvalue weighted by Gasteiger charge is 2.47. The van der Waals surface area contributed by atoms with Gasteiger partial charge in [-0.1, -0.05) is 19.3 Å². The molecule has 2 nitrogen and oxygen atoms in total. The van der Waals surface area contributed by atoms with Crippen molar-refractivity contribution < 1.29 is 4.39 Å². The van der Waals surface area contributed by atoms with E-state index in [9.17, 15) is 4.39 Å². The van der Waals surface area contributed by atoms with Gasteiger partial charge in [0, 0.05) is 31.2 Å². The highest BCUT2D eigenvalue weighted by atomic mass is 19.1. The second-order valence-electron chi connectivity index (χ2n) is 7.55. The lowest BCUT2D eigenvalue weighted by molar-refractivity contribution is 0.0321. The molecule has 116 valence electrons. The Morgan fingerprint density at radius 2 is 1.90 bits per heavy atom. The highest BCUT2D eigenvalue weighted by molar-refractivity contribution is 5.05. The molecule has 0 bridgehead atoms. The summed E-state index contributed by atoms with van der Waals surface area (Å²) in [5.74, 6) is 1.71. The Hall–Kier alpha value is -0.150. The molecule has 0 aromatic carbocycles. The smallest absolute Gasteiger partial charge is 0.0906 e. The van der Waals surface area contributed by atoms with Gasteiger partial charge in [-0.3, -0.25) is 9.29 Å². The highest BCUT2D eigenvalue weighted by Crippen LogP contribution is 2.42. The van der Waals surface area contributed by atoms with E-state index in [1.165, 1.54) is 44.9 Å². The van der Waals surface area contributed by atoms with Gasteiger partial charge < -0.3 is 5.32 Å². The lowest BCUT2D eigenvalue weighted by atomic mass is 9.80. The quantitative estimate of drug-likeness (QED) is 0.831. The summed E-state index contributed by atoms with van der Waals surface area (Å²) in [4.78, 5) is 2.64. The molecule has 0 aromatic rings. The largest absolute Gasteiger partial charge is 0.308 e. The first-order valence-electron chi connectivity index (χ1n) is 8.78. The molecule has 1 aliphatic heterocycles. The maximum atomic E-state index is 12.6. The topological polar surface area (TPSA) is 15.3 Å². The first kappa shape index (κ1) is 14.8. The number of piperazine rings is 1. The molecule has 1 heterocycles. The Kier molecular flexibility index (Phi) is 4.66. The molecule has 3 heteroatoms. The van der Waals surface area contributed by atoms with Crippen molar-refractivity contribution in [2.24, 2.45) is 11.8 Å². The van der Waals surface area contributed by atoms with Crippen LogP contribution in [0.25, 0.3) is 0 Å². The van der Waals surface area contributed by atoms with E-state index in [0.29, 0.717) is 18.0 Å². The van der Waals surface area contributed by atoms with Crippen molar-refractivity contribution in [2.75, 3.05) is 26.3 Å². The van der Waals surface area contributed by atoms with Crippen LogP contribution in [-0.2, 0) is 0 Å². The van der Waals surface area contributed by atoms with Crippen LogP contribution in [0.15, 0.2) is 0 Å². The maximum Gasteiger partial charge on any atom is 0.0906 e. The summed E-state index contributed by atoms with van der Waals surface area (Å²) in [6.45, 7) is 5.45. The van der Waals surface area contributed by atoms with E-state index in [-0.39, 0.29) is 6.67 Å². The first-order valence-corrected chi connectivity index (χ1v) is 8.78. The fraction of sp³-hybridized carbons (Fsp3) is 1.00. The maximum absolute atomic E-state index is 12.6. The van der Waals surface area contributed by atoms with Gasteiger partial charge in [0.15, 0.2) is 0 Å². The van der Waals surface area contributed by atoms with Crippen molar-refractivity contribution in [1.82, 2.24) is 10.2 Å². The Labute approximate surface area is 123 Å². The Balaban J connectivity index is 1.65. The minimum atomic E-state index is -0.165. The molecule has 2 atom stereocenters. The van der Waals surface area contributed by atoms with Crippen molar-refractivity contribution in [3.05, 3.63) is 0 Å². The van der Waals surface area contributed by atoms with E-state index in [1.807, 2.05) is 0 Å². The van der Waals surface area contributed by atoms with E-state index in [4.69, 9.17) is 0 Å². The summed E-state index contributed by atoms with van der Waals surface area (Å²) >= 11 is 0. The third-order valence-corrected chi connectivity index (χ3v) is 5.97. The molecule has 0 radical (unpaired) electrons. The molecule has 3 aliphatic rings. The minimum Gasteiger partial charge on any atom is -0.308 e. The predicted molar refractivity (Wildman–Crippen MR) is 81.7 cm³/mol. The van der Waals surface area contributed by atoms with E-state index >= 15 is 0 Å². The summed E-state index contributed by atoms with van der Waals surface area (Å²) in [7, 11) is 0. The van der Waals surface area contributed by atoms with Gasteiger partial charge >= 0.3 is 0 Å². The summed E-state index contributed by atoms with van der Waals surface area (Å²) in [6, 6.07) is 0.661. The average Bonchev–Trinajstić information content (AvgIpc) is 3.31. The normalized spacial score (nSPS) is 37.2. The SMILES string of the molecule is CC1(C2CC2)CN(CCCF)C(C2CCCCC2)CN1. The Morgan fingerprint density at radius 3 is 2.55 bits per heavy atom. The van der Waals surface area contributed by atoms with Crippen LogP contribution in [0.4, 0.5) is 4.39 Å². The van der Waals surface area contributed by atoms with E-state index < -0.39 is 0 Å². The molecule has 3 rings (SSSR count). The molecular formula is C17H31FN2. The summed E-state index contributed by atoms with van der Waals surface area (Å²) in [5.41, 5.74) is 0.293. The molecule has 0 aromatic heterocycles. The number of nitrogens with one attached hydrogen (secondary N) is 1. The molecule has 0 spiro atoms. The van der Waals surface area contributed by atoms with Crippen molar-refractivity contribution in [1.29, 1.82) is 0 Å². The van der Waals surface area contributed by atoms with Crippen LogP contribution < -0.4 is 5.32 Å². The van der Waals surface area contributed by atoms with Crippen molar-refractivity contribution in [3.63, 3.8) is 0 Å². The molecule has 3 fully saturated rings. The molecule has 1 saturated heterocycles. The van der Waals surface area contributed by atoms with Gasteiger partial charge in [-0.05, 0) is 50.9 Å². The van der Waals surface area contributed by atoms with Gasteiger partial charge in [0.25, 0.3) is 0 Å². The molecule has 0 amide bonds. The Bertz CT molecular complexity index is 312. The Morgan fingerprint density at radius 1 is 1.15 bits per heavy atom. The van der Waals surface area contributed by atoms with Crippen LogP contribution in [0.3, 0.4) is 0 Å². The van der Waals surface area contributed by atoms with Crippen molar-refractivity contribution in [3.8, 4) is 0 Å². The molecule has 1 N–H and O–H groups in total. The van der Waals surface area contributed by atoms with Crippen LogP contribution >= 0.6 is 0 Å². The van der Waals surface area contributed by atoms with Gasteiger partial charge in [0.2, 0.25) is 0 Å². The third kappa shape index (κ3) is 3.19. The van der Waals surface area contributed by atoms with Gasteiger partial charge in [-0.25, -0.2) is 0 Å². The number of hydrogen-bond donors (Lipinski definition) is 1. The number of rotatable bonds is 5. The molecule has 2 aliphatic carbocycles. The van der Waals surface area contributed by atoms with Crippen LogP contribution in [0, 0.1) is 11.8 Å². The second kappa shape index (κ2) is 6.31. The second-order valence-corrected chi connectivity index (χ2v) is 7.55. The zero-order chi connectivity index (χ0) is 14.0. The predicted octanol–water partition coefficient (Wildman–Crippen LogP) is 3.37. The van der Waals surface area contributed by atoms with E-state index in [2.05, 4.69) is 17.1 Å². The number of nitrogens with zero attached hydrogens (tertiary/aromatic N) is 1. The van der Waals surface area contributed by atoms with Gasteiger partial charge in [-0.15, -0.1) is 0 Å². The molecule has 2 unspecified atom stereocenters. The first-order chi connectivity index (χ1) is 9.73. The van der Waals surface area contributed by atoms with Gasteiger partial charge in [0.1, 0.15) is 0 Å². The van der Waals surface area contributed by atoms with Gasteiger partial charge in [0.05, 0.1) is 6.67 Å². The van der Waals surface area contributed by atoms with Crippen LogP contribution in [0.1, 0.15) is 58.3 Å². The van der Waals surface area contributed by atoms with E-state index in [0.717, 1.165) is 31.5 Å². The van der Waals surface area contributed by atoms with Crippen molar-refractivity contribution >= 4 is 0 Å². The average molecular weight is 282 g/mol. The third-order valence-electron chi connectivity index (χ3n) is 5.97. The van der Waals surface area contributed by atoms with Crippen LogP contribution in [-0.4, -0.2) is 42.8 Å². The summed E-state index contributed by atoms with van der Waals surface area (Å²) in [5, 5.41) is 3.88. The number of alkyl halides is 1. The van der Waals surface area contributed by atoms with Crippen molar-refractivity contribution in [2.45, 2.75) is 69.9 Å². The lowest BCUT2D eigenvalue weighted by Gasteiger charge is -2.50. The minimum absolute atomic E-state index is 0.165. The monoisotopic (exact) mass is 282 g/mol. The summed E-state index contributed by atoms with van der Waals surface area (Å²) < 4.78 is 12.6. The number of halogens is 1. The molecule has 2 saturated carbocycles. The fourth-order valence-corrected chi connectivity index (χ4v) is 4.55.